The van der Waals surface area contributed by atoms with E-state index in [1.54, 1.807) is 36.4 Å². The van der Waals surface area contributed by atoms with Crippen molar-refractivity contribution in [3.05, 3.63) is 58.6 Å². The Morgan fingerprint density at radius 2 is 1.83 bits per heavy atom. The number of hydrogen-bond acceptors (Lipinski definition) is 4. The minimum atomic E-state index is -3.33. The van der Waals surface area contributed by atoms with E-state index in [0.717, 1.165) is 16.7 Å². The van der Waals surface area contributed by atoms with Crippen LogP contribution in [0, 0.1) is 0 Å². The summed E-state index contributed by atoms with van der Waals surface area (Å²) in [6.07, 6.45) is 3.47. The first kappa shape index (κ1) is 16.7. The van der Waals surface area contributed by atoms with Gasteiger partial charge < -0.3 is 4.74 Å². The standard InChI is InChI=1S/C18H15ClO4S/c1-24(21,22)16-7-4-13(10-14-8-9-23-18(14)20)17(11-16)12-2-5-15(19)6-3-12/h2-7,10-11H,8-9H2,1H3/b14-10-. The highest BCUT2D eigenvalue weighted by atomic mass is 35.5. The molecule has 0 saturated carbocycles. The molecule has 3 rings (SSSR count). The number of rotatable bonds is 3. The molecule has 0 atom stereocenters. The molecule has 0 spiro atoms. The fraction of sp³-hybridized carbons (Fsp3) is 0.167. The lowest BCUT2D eigenvalue weighted by Gasteiger charge is -2.10. The summed E-state index contributed by atoms with van der Waals surface area (Å²) in [5.41, 5.74) is 2.89. The van der Waals surface area contributed by atoms with E-state index < -0.39 is 9.84 Å². The van der Waals surface area contributed by atoms with Crippen molar-refractivity contribution < 1.29 is 17.9 Å². The molecule has 1 fully saturated rings. The van der Waals surface area contributed by atoms with Crippen molar-refractivity contribution >= 4 is 33.5 Å². The zero-order valence-corrected chi connectivity index (χ0v) is 14.5. The summed E-state index contributed by atoms with van der Waals surface area (Å²) in [7, 11) is -3.33. The van der Waals surface area contributed by atoms with Gasteiger partial charge in [-0.05, 0) is 47.0 Å². The second-order valence-electron chi connectivity index (χ2n) is 5.58. The summed E-state index contributed by atoms with van der Waals surface area (Å²) in [5.74, 6) is -0.329. The largest absolute Gasteiger partial charge is 0.462 e. The molecule has 2 aromatic rings. The zero-order valence-electron chi connectivity index (χ0n) is 13.0. The molecule has 0 radical (unpaired) electrons. The summed E-state index contributed by atoms with van der Waals surface area (Å²) >= 11 is 5.93. The molecule has 0 N–H and O–H groups in total. The maximum atomic E-state index is 11.9. The van der Waals surface area contributed by atoms with Gasteiger partial charge in [0, 0.05) is 23.3 Å². The van der Waals surface area contributed by atoms with Crippen LogP contribution >= 0.6 is 11.6 Å². The number of hydrogen-bond donors (Lipinski definition) is 0. The number of sulfone groups is 1. The van der Waals surface area contributed by atoms with Crippen LogP contribution in [0.4, 0.5) is 0 Å². The minimum Gasteiger partial charge on any atom is -0.462 e. The molecule has 2 aromatic carbocycles. The third kappa shape index (κ3) is 3.52. The number of halogens is 1. The Morgan fingerprint density at radius 3 is 2.42 bits per heavy atom. The van der Waals surface area contributed by atoms with E-state index in [1.807, 2.05) is 12.1 Å². The summed E-state index contributed by atoms with van der Waals surface area (Å²) < 4.78 is 28.7. The molecule has 0 aromatic heterocycles. The molecule has 1 aliphatic rings. The van der Waals surface area contributed by atoms with Crippen LogP contribution in [0.5, 0.6) is 0 Å². The molecule has 4 nitrogen and oxygen atoms in total. The van der Waals surface area contributed by atoms with Crippen molar-refractivity contribution in [2.24, 2.45) is 0 Å². The maximum absolute atomic E-state index is 11.9. The molecule has 1 saturated heterocycles. The highest BCUT2D eigenvalue weighted by molar-refractivity contribution is 7.90. The van der Waals surface area contributed by atoms with Crippen molar-refractivity contribution in [1.29, 1.82) is 0 Å². The van der Waals surface area contributed by atoms with E-state index in [-0.39, 0.29) is 10.9 Å². The van der Waals surface area contributed by atoms with E-state index in [0.29, 0.717) is 23.6 Å². The quantitative estimate of drug-likeness (QED) is 0.616. The average molecular weight is 363 g/mol. The van der Waals surface area contributed by atoms with Gasteiger partial charge >= 0.3 is 5.97 Å². The molecule has 0 unspecified atom stereocenters. The fourth-order valence-corrected chi connectivity index (χ4v) is 3.31. The molecule has 1 heterocycles. The molecule has 1 aliphatic heterocycles. The lowest BCUT2D eigenvalue weighted by atomic mass is 9.98. The maximum Gasteiger partial charge on any atom is 0.334 e. The fourth-order valence-electron chi connectivity index (χ4n) is 2.54. The van der Waals surface area contributed by atoms with E-state index in [2.05, 4.69) is 0 Å². The normalized spacial score (nSPS) is 16.4. The summed E-state index contributed by atoms with van der Waals surface area (Å²) in [6, 6.07) is 12.0. The van der Waals surface area contributed by atoms with Crippen LogP contribution in [-0.4, -0.2) is 27.2 Å². The molecule has 0 aliphatic carbocycles. The van der Waals surface area contributed by atoms with E-state index in [1.165, 1.54) is 6.26 Å². The predicted molar refractivity (Wildman–Crippen MR) is 93.6 cm³/mol. The Kier molecular flexibility index (Phi) is 4.47. The Labute approximate surface area is 145 Å². The van der Waals surface area contributed by atoms with Gasteiger partial charge in [-0.25, -0.2) is 13.2 Å². The van der Waals surface area contributed by atoms with Gasteiger partial charge in [0.25, 0.3) is 0 Å². The van der Waals surface area contributed by atoms with Crippen LogP contribution in [0.2, 0.25) is 5.02 Å². The van der Waals surface area contributed by atoms with E-state index >= 15 is 0 Å². The Hall–Kier alpha value is -2.11. The second-order valence-corrected chi connectivity index (χ2v) is 8.04. The number of cyclic esters (lactones) is 1. The molecule has 0 amide bonds. The van der Waals surface area contributed by atoms with Gasteiger partial charge in [0.05, 0.1) is 11.5 Å². The summed E-state index contributed by atoms with van der Waals surface area (Å²) in [6.45, 7) is 0.377. The monoisotopic (exact) mass is 362 g/mol. The molecule has 6 heteroatoms. The van der Waals surface area contributed by atoms with Crippen molar-refractivity contribution in [3.8, 4) is 11.1 Å². The number of ether oxygens (including phenoxy) is 1. The molecular formula is C18H15ClO4S. The van der Waals surface area contributed by atoms with Crippen molar-refractivity contribution in [2.45, 2.75) is 11.3 Å². The summed E-state index contributed by atoms with van der Waals surface area (Å²) in [4.78, 5) is 11.9. The van der Waals surface area contributed by atoms with Gasteiger partial charge in [-0.2, -0.15) is 0 Å². The SMILES string of the molecule is CS(=O)(=O)c1ccc(/C=C2/CCOC2=O)c(-c2ccc(Cl)cc2)c1. The third-order valence-corrected chi connectivity index (χ3v) is 5.17. The average Bonchev–Trinajstić information content (AvgIpc) is 2.93. The van der Waals surface area contributed by atoms with Gasteiger partial charge in [0.2, 0.25) is 0 Å². The lowest BCUT2D eigenvalue weighted by Crippen LogP contribution is -1.99. The Balaban J connectivity index is 2.18. The second kappa shape index (κ2) is 6.42. The van der Waals surface area contributed by atoms with E-state index in [4.69, 9.17) is 16.3 Å². The summed E-state index contributed by atoms with van der Waals surface area (Å²) in [5, 5.41) is 0.595. The van der Waals surface area contributed by atoms with Crippen LogP contribution < -0.4 is 0 Å². The first-order valence-corrected chi connectivity index (χ1v) is 9.59. The van der Waals surface area contributed by atoms with Gasteiger partial charge in [-0.15, -0.1) is 0 Å². The van der Waals surface area contributed by atoms with Crippen LogP contribution in [-0.2, 0) is 19.4 Å². The van der Waals surface area contributed by atoms with Crippen LogP contribution in [0.1, 0.15) is 12.0 Å². The Morgan fingerprint density at radius 1 is 1.12 bits per heavy atom. The lowest BCUT2D eigenvalue weighted by molar-refractivity contribution is -0.134. The minimum absolute atomic E-state index is 0.226. The molecule has 0 bridgehead atoms. The van der Waals surface area contributed by atoms with Gasteiger partial charge in [0.15, 0.2) is 9.84 Å². The Bertz CT molecular complexity index is 928. The smallest absolute Gasteiger partial charge is 0.334 e. The van der Waals surface area contributed by atoms with Gasteiger partial charge in [-0.3, -0.25) is 0 Å². The first-order valence-electron chi connectivity index (χ1n) is 7.32. The number of benzene rings is 2. The van der Waals surface area contributed by atoms with Crippen molar-refractivity contribution in [1.82, 2.24) is 0 Å². The van der Waals surface area contributed by atoms with Gasteiger partial charge in [-0.1, -0.05) is 29.8 Å². The topological polar surface area (TPSA) is 60.4 Å². The van der Waals surface area contributed by atoms with Crippen LogP contribution in [0.25, 0.3) is 17.2 Å². The van der Waals surface area contributed by atoms with E-state index in [9.17, 15) is 13.2 Å². The molecule has 24 heavy (non-hydrogen) atoms. The van der Waals surface area contributed by atoms with Crippen LogP contribution in [0.3, 0.4) is 0 Å². The zero-order chi connectivity index (χ0) is 17.3. The number of carbonyl (C=O) groups excluding carboxylic acids is 1. The highest BCUT2D eigenvalue weighted by Gasteiger charge is 2.19. The highest BCUT2D eigenvalue weighted by Crippen LogP contribution is 2.30. The van der Waals surface area contributed by atoms with Gasteiger partial charge in [0.1, 0.15) is 0 Å². The first-order chi connectivity index (χ1) is 11.3. The predicted octanol–water partition coefficient (Wildman–Crippen LogP) is 3.74. The number of esters is 1. The molecule has 124 valence electrons. The van der Waals surface area contributed by atoms with Crippen molar-refractivity contribution in [3.63, 3.8) is 0 Å². The van der Waals surface area contributed by atoms with Crippen LogP contribution in [0.15, 0.2) is 52.9 Å². The molecular weight excluding hydrogens is 348 g/mol. The third-order valence-electron chi connectivity index (χ3n) is 3.80. The van der Waals surface area contributed by atoms with Crippen molar-refractivity contribution in [2.75, 3.05) is 12.9 Å². The number of carbonyl (C=O) groups is 1.